The SMILES string of the molecule is CCN(CC(=O)O)C(=O)c1cc(F)ccc1NC(=O)OCC1c2ccccc2-c2ccccc21. The Balaban J connectivity index is 1.50. The highest BCUT2D eigenvalue weighted by atomic mass is 19.1. The number of amides is 2. The summed E-state index contributed by atoms with van der Waals surface area (Å²) in [5.41, 5.74) is 4.18. The predicted molar refractivity (Wildman–Crippen MR) is 124 cm³/mol. The third-order valence-electron chi connectivity index (χ3n) is 5.79. The number of carbonyl (C=O) groups is 3. The molecule has 0 bridgehead atoms. The van der Waals surface area contributed by atoms with E-state index in [0.29, 0.717) is 0 Å². The lowest BCUT2D eigenvalue weighted by Gasteiger charge is -2.20. The molecule has 2 N–H and O–H groups in total. The lowest BCUT2D eigenvalue weighted by molar-refractivity contribution is -0.137. The van der Waals surface area contributed by atoms with Crippen LogP contribution in [0.2, 0.25) is 0 Å². The number of aliphatic carboxylic acids is 1. The van der Waals surface area contributed by atoms with E-state index in [0.717, 1.165) is 39.3 Å². The van der Waals surface area contributed by atoms with Crippen LogP contribution in [0.25, 0.3) is 11.1 Å². The molecular formula is C26H23FN2O5. The second kappa shape index (κ2) is 9.74. The summed E-state index contributed by atoms with van der Waals surface area (Å²) in [5, 5.41) is 11.5. The highest BCUT2D eigenvalue weighted by Crippen LogP contribution is 2.44. The molecule has 7 nitrogen and oxygen atoms in total. The average Bonchev–Trinajstić information content (AvgIpc) is 3.15. The van der Waals surface area contributed by atoms with E-state index in [1.165, 1.54) is 6.07 Å². The molecule has 0 radical (unpaired) electrons. The molecular weight excluding hydrogens is 439 g/mol. The van der Waals surface area contributed by atoms with Crippen molar-refractivity contribution in [3.05, 3.63) is 89.2 Å². The summed E-state index contributed by atoms with van der Waals surface area (Å²) in [6, 6.07) is 19.2. The van der Waals surface area contributed by atoms with Gasteiger partial charge in [0.15, 0.2) is 0 Å². The molecule has 1 aliphatic carbocycles. The van der Waals surface area contributed by atoms with Crippen molar-refractivity contribution in [2.24, 2.45) is 0 Å². The third-order valence-corrected chi connectivity index (χ3v) is 5.79. The van der Waals surface area contributed by atoms with Crippen LogP contribution < -0.4 is 5.32 Å². The van der Waals surface area contributed by atoms with Crippen LogP contribution in [0.4, 0.5) is 14.9 Å². The minimum absolute atomic E-state index is 0.0347. The Kier molecular flexibility index (Phi) is 6.58. The highest BCUT2D eigenvalue weighted by molar-refractivity contribution is 6.03. The number of carboxylic acid groups (broad SMARTS) is 1. The van der Waals surface area contributed by atoms with Crippen molar-refractivity contribution in [1.29, 1.82) is 0 Å². The van der Waals surface area contributed by atoms with Crippen LogP contribution in [0.1, 0.15) is 34.3 Å². The van der Waals surface area contributed by atoms with Gasteiger partial charge in [0.2, 0.25) is 0 Å². The van der Waals surface area contributed by atoms with Gasteiger partial charge in [-0.15, -0.1) is 0 Å². The lowest BCUT2D eigenvalue weighted by Crippen LogP contribution is -2.36. The van der Waals surface area contributed by atoms with Gasteiger partial charge in [0.05, 0.1) is 11.3 Å². The third kappa shape index (κ3) is 4.61. The van der Waals surface area contributed by atoms with E-state index in [-0.39, 0.29) is 30.3 Å². The van der Waals surface area contributed by atoms with Gasteiger partial charge in [0, 0.05) is 12.5 Å². The first-order valence-corrected chi connectivity index (χ1v) is 10.8. The van der Waals surface area contributed by atoms with Gasteiger partial charge in [-0.3, -0.25) is 14.9 Å². The molecule has 0 atom stereocenters. The van der Waals surface area contributed by atoms with Gasteiger partial charge >= 0.3 is 12.1 Å². The Hall–Kier alpha value is -4.20. The summed E-state index contributed by atoms with van der Waals surface area (Å²) in [4.78, 5) is 37.5. The fraction of sp³-hybridized carbons (Fsp3) is 0.192. The van der Waals surface area contributed by atoms with E-state index in [2.05, 4.69) is 5.32 Å². The van der Waals surface area contributed by atoms with Crippen molar-refractivity contribution in [3.8, 4) is 11.1 Å². The number of hydrogen-bond acceptors (Lipinski definition) is 4. The van der Waals surface area contributed by atoms with Gasteiger partial charge in [-0.1, -0.05) is 48.5 Å². The predicted octanol–water partition coefficient (Wildman–Crippen LogP) is 4.73. The summed E-state index contributed by atoms with van der Waals surface area (Å²) in [5.74, 6) is -2.73. The van der Waals surface area contributed by atoms with Crippen LogP contribution in [0.5, 0.6) is 0 Å². The Bertz CT molecular complexity index is 1210. The molecule has 34 heavy (non-hydrogen) atoms. The highest BCUT2D eigenvalue weighted by Gasteiger charge is 2.29. The summed E-state index contributed by atoms with van der Waals surface area (Å²) in [6.07, 6.45) is -0.802. The summed E-state index contributed by atoms with van der Waals surface area (Å²) in [6.45, 7) is 1.24. The first kappa shape index (κ1) is 23.0. The number of benzene rings is 3. The Morgan fingerprint density at radius 1 is 1.00 bits per heavy atom. The summed E-state index contributed by atoms with van der Waals surface area (Å²) < 4.78 is 19.4. The van der Waals surface area contributed by atoms with Crippen LogP contribution in [0, 0.1) is 5.82 Å². The molecule has 1 aliphatic rings. The molecule has 3 aromatic carbocycles. The standard InChI is InChI=1S/C26H23FN2O5/c1-2-29(14-24(30)31)25(32)21-13-16(27)11-12-23(21)28-26(33)34-15-22-19-9-5-3-7-17(19)18-8-4-6-10-20(18)22/h3-13,22H,2,14-15H2,1H3,(H,28,33)(H,30,31). The Morgan fingerprint density at radius 3 is 2.21 bits per heavy atom. The molecule has 0 aromatic heterocycles. The maximum atomic E-state index is 13.9. The van der Waals surface area contributed by atoms with Gasteiger partial charge in [-0.25, -0.2) is 9.18 Å². The molecule has 0 saturated heterocycles. The molecule has 0 heterocycles. The molecule has 0 saturated carbocycles. The molecule has 174 valence electrons. The van der Waals surface area contributed by atoms with Gasteiger partial charge in [-0.2, -0.15) is 0 Å². The fourth-order valence-electron chi connectivity index (χ4n) is 4.21. The van der Waals surface area contributed by atoms with Gasteiger partial charge in [0.25, 0.3) is 5.91 Å². The van der Waals surface area contributed by atoms with Crippen molar-refractivity contribution in [3.63, 3.8) is 0 Å². The zero-order valence-electron chi connectivity index (χ0n) is 18.5. The first-order valence-electron chi connectivity index (χ1n) is 10.8. The number of rotatable bonds is 7. The minimum Gasteiger partial charge on any atom is -0.480 e. The largest absolute Gasteiger partial charge is 0.480 e. The molecule has 0 spiro atoms. The molecule has 3 aromatic rings. The number of anilines is 1. The van der Waals surface area contributed by atoms with E-state index in [9.17, 15) is 18.8 Å². The van der Waals surface area contributed by atoms with E-state index in [1.54, 1.807) is 6.92 Å². The van der Waals surface area contributed by atoms with E-state index in [1.807, 2.05) is 48.5 Å². The number of nitrogens with zero attached hydrogens (tertiary/aromatic N) is 1. The number of carbonyl (C=O) groups excluding carboxylic acids is 2. The number of ether oxygens (including phenoxy) is 1. The molecule has 0 unspecified atom stereocenters. The summed E-state index contributed by atoms with van der Waals surface area (Å²) >= 11 is 0. The van der Waals surface area contributed by atoms with Crippen molar-refractivity contribution < 1.29 is 28.6 Å². The van der Waals surface area contributed by atoms with Crippen LogP contribution in [0.15, 0.2) is 66.7 Å². The number of fused-ring (bicyclic) bond motifs is 3. The van der Waals surface area contributed by atoms with Crippen LogP contribution >= 0.6 is 0 Å². The monoisotopic (exact) mass is 462 g/mol. The number of likely N-dealkylation sites (N-methyl/N-ethyl adjacent to an activating group) is 1. The number of nitrogens with one attached hydrogen (secondary N) is 1. The van der Waals surface area contributed by atoms with Crippen LogP contribution in [-0.2, 0) is 9.53 Å². The molecule has 2 amide bonds. The second-order valence-electron chi connectivity index (χ2n) is 7.85. The number of halogens is 1. The zero-order valence-corrected chi connectivity index (χ0v) is 18.5. The quantitative estimate of drug-likeness (QED) is 0.529. The maximum absolute atomic E-state index is 13.9. The molecule has 8 heteroatoms. The van der Waals surface area contributed by atoms with Crippen LogP contribution in [0.3, 0.4) is 0 Å². The van der Waals surface area contributed by atoms with Gasteiger partial charge in [0.1, 0.15) is 19.0 Å². The number of hydrogen-bond donors (Lipinski definition) is 2. The maximum Gasteiger partial charge on any atom is 0.411 e. The fourth-order valence-corrected chi connectivity index (χ4v) is 4.21. The van der Waals surface area contributed by atoms with Gasteiger partial charge in [-0.05, 0) is 47.4 Å². The average molecular weight is 462 g/mol. The van der Waals surface area contributed by atoms with Gasteiger partial charge < -0.3 is 14.7 Å². The van der Waals surface area contributed by atoms with Crippen molar-refractivity contribution in [1.82, 2.24) is 4.90 Å². The Morgan fingerprint density at radius 2 is 1.62 bits per heavy atom. The lowest BCUT2D eigenvalue weighted by atomic mass is 9.98. The molecule has 0 aliphatic heterocycles. The second-order valence-corrected chi connectivity index (χ2v) is 7.85. The zero-order chi connectivity index (χ0) is 24.2. The molecule has 0 fully saturated rings. The van der Waals surface area contributed by atoms with Crippen molar-refractivity contribution in [2.75, 3.05) is 25.0 Å². The Labute approximate surface area is 195 Å². The van der Waals surface area contributed by atoms with E-state index >= 15 is 0 Å². The summed E-state index contributed by atoms with van der Waals surface area (Å²) in [7, 11) is 0. The first-order chi connectivity index (χ1) is 16.4. The van der Waals surface area contributed by atoms with Crippen LogP contribution in [-0.4, -0.2) is 47.7 Å². The van der Waals surface area contributed by atoms with E-state index in [4.69, 9.17) is 9.84 Å². The minimum atomic E-state index is -1.20. The smallest absolute Gasteiger partial charge is 0.411 e. The van der Waals surface area contributed by atoms with Crippen molar-refractivity contribution >= 4 is 23.7 Å². The molecule has 4 rings (SSSR count). The normalized spacial score (nSPS) is 11.9. The van der Waals surface area contributed by atoms with E-state index < -0.39 is 30.3 Å². The topological polar surface area (TPSA) is 95.9 Å². The number of carboxylic acids is 1. The van der Waals surface area contributed by atoms with Crippen molar-refractivity contribution in [2.45, 2.75) is 12.8 Å².